The van der Waals surface area contributed by atoms with Crippen LogP contribution in [0.5, 0.6) is 0 Å². The second kappa shape index (κ2) is 6.53. The lowest BCUT2D eigenvalue weighted by Gasteiger charge is -2.29. The van der Waals surface area contributed by atoms with Crippen molar-refractivity contribution in [1.29, 1.82) is 5.26 Å². The first-order valence-corrected chi connectivity index (χ1v) is 7.22. The zero-order valence-electron chi connectivity index (χ0n) is 12.1. The number of nitrogens with zero attached hydrogens (tertiary/aromatic N) is 2. The number of rotatable bonds is 4. The summed E-state index contributed by atoms with van der Waals surface area (Å²) in [5.74, 6) is 0.0232. The Morgan fingerprint density at radius 3 is 2.80 bits per heavy atom. The van der Waals surface area contributed by atoms with E-state index < -0.39 is 0 Å². The maximum atomic E-state index is 12.3. The molecule has 2 atom stereocenters. The van der Waals surface area contributed by atoms with E-state index >= 15 is 0 Å². The van der Waals surface area contributed by atoms with E-state index in [4.69, 9.17) is 5.26 Å². The maximum Gasteiger partial charge on any atom is 0.241 e. The summed E-state index contributed by atoms with van der Waals surface area (Å²) >= 11 is 0. The fourth-order valence-corrected chi connectivity index (χ4v) is 2.83. The van der Waals surface area contributed by atoms with Gasteiger partial charge in [-0.2, -0.15) is 5.26 Å². The van der Waals surface area contributed by atoms with Crippen molar-refractivity contribution in [3.8, 4) is 6.07 Å². The number of nitrogens with one attached hydrogen (secondary N) is 1. The highest BCUT2D eigenvalue weighted by atomic mass is 16.2. The van der Waals surface area contributed by atoms with Crippen molar-refractivity contribution in [2.24, 2.45) is 0 Å². The molecule has 1 aliphatic heterocycles. The minimum Gasteiger partial charge on any atom is -0.325 e. The molecule has 0 bridgehead atoms. The maximum absolute atomic E-state index is 12.3. The summed E-state index contributed by atoms with van der Waals surface area (Å²) in [6, 6.07) is 9.44. The Balaban J connectivity index is 1.98. The quantitative estimate of drug-likeness (QED) is 0.916. The van der Waals surface area contributed by atoms with Crippen LogP contribution in [0.15, 0.2) is 24.3 Å². The lowest BCUT2D eigenvalue weighted by atomic mass is 10.1. The number of hydrogen-bond acceptors (Lipinski definition) is 3. The second-order valence-corrected chi connectivity index (χ2v) is 5.30. The molecule has 0 spiro atoms. The average molecular weight is 271 g/mol. The first kappa shape index (κ1) is 14.5. The van der Waals surface area contributed by atoms with Crippen LogP contribution in [-0.4, -0.2) is 29.4 Å². The van der Waals surface area contributed by atoms with E-state index in [1.807, 2.05) is 6.92 Å². The number of hydrogen-bond donors (Lipinski definition) is 1. The van der Waals surface area contributed by atoms with Gasteiger partial charge in [0.2, 0.25) is 5.91 Å². The van der Waals surface area contributed by atoms with Gasteiger partial charge in [-0.25, -0.2) is 0 Å². The van der Waals surface area contributed by atoms with Crippen molar-refractivity contribution >= 4 is 11.6 Å². The summed E-state index contributed by atoms with van der Waals surface area (Å²) in [6.45, 7) is 5.14. The molecule has 1 fully saturated rings. The largest absolute Gasteiger partial charge is 0.325 e. The van der Waals surface area contributed by atoms with Gasteiger partial charge < -0.3 is 5.32 Å². The zero-order valence-corrected chi connectivity index (χ0v) is 12.1. The van der Waals surface area contributed by atoms with Crippen molar-refractivity contribution in [1.82, 2.24) is 4.90 Å². The molecular formula is C16H21N3O. The normalized spacial score (nSPS) is 20.4. The van der Waals surface area contributed by atoms with Crippen LogP contribution >= 0.6 is 0 Å². The van der Waals surface area contributed by atoms with Crippen LogP contribution in [0.4, 0.5) is 5.69 Å². The van der Waals surface area contributed by atoms with Crippen molar-refractivity contribution < 1.29 is 4.79 Å². The lowest BCUT2D eigenvalue weighted by Crippen LogP contribution is -2.44. The molecule has 1 saturated heterocycles. The van der Waals surface area contributed by atoms with Gasteiger partial charge in [0, 0.05) is 11.7 Å². The fraction of sp³-hybridized carbons (Fsp3) is 0.500. The van der Waals surface area contributed by atoms with Gasteiger partial charge in [0.05, 0.1) is 17.7 Å². The number of carbonyl (C=O) groups excluding carboxylic acids is 1. The highest BCUT2D eigenvalue weighted by Crippen LogP contribution is 2.23. The third-order valence-electron chi connectivity index (χ3n) is 4.05. The molecular weight excluding hydrogens is 250 g/mol. The molecule has 0 radical (unpaired) electrons. The van der Waals surface area contributed by atoms with E-state index in [1.54, 1.807) is 24.3 Å². The molecule has 1 aromatic rings. The number of amides is 1. The summed E-state index contributed by atoms with van der Waals surface area (Å²) < 4.78 is 0. The summed E-state index contributed by atoms with van der Waals surface area (Å²) in [6.07, 6.45) is 3.45. The number of anilines is 1. The van der Waals surface area contributed by atoms with Gasteiger partial charge in [-0.3, -0.25) is 9.69 Å². The van der Waals surface area contributed by atoms with Crippen molar-refractivity contribution in [3.63, 3.8) is 0 Å². The van der Waals surface area contributed by atoms with E-state index in [9.17, 15) is 4.79 Å². The second-order valence-electron chi connectivity index (χ2n) is 5.30. The van der Waals surface area contributed by atoms with Crippen molar-refractivity contribution in [3.05, 3.63) is 29.8 Å². The van der Waals surface area contributed by atoms with Gasteiger partial charge in [0.15, 0.2) is 0 Å². The highest BCUT2D eigenvalue weighted by Gasteiger charge is 2.30. The Morgan fingerprint density at radius 1 is 1.50 bits per heavy atom. The summed E-state index contributed by atoms with van der Waals surface area (Å²) in [4.78, 5) is 14.6. The molecule has 4 heteroatoms. The van der Waals surface area contributed by atoms with E-state index in [1.165, 1.54) is 12.8 Å². The molecule has 1 aromatic carbocycles. The van der Waals surface area contributed by atoms with E-state index in [-0.39, 0.29) is 11.9 Å². The molecule has 0 saturated carbocycles. The number of nitriles is 1. The van der Waals surface area contributed by atoms with Crippen LogP contribution in [0, 0.1) is 11.3 Å². The smallest absolute Gasteiger partial charge is 0.241 e. The molecule has 106 valence electrons. The molecule has 0 aromatic heterocycles. The Kier molecular flexibility index (Phi) is 4.75. The predicted molar refractivity (Wildman–Crippen MR) is 79.3 cm³/mol. The van der Waals surface area contributed by atoms with Crippen LogP contribution in [-0.2, 0) is 4.79 Å². The van der Waals surface area contributed by atoms with E-state index in [0.29, 0.717) is 11.6 Å². The Labute approximate surface area is 120 Å². The third kappa shape index (κ3) is 3.17. The van der Waals surface area contributed by atoms with Gasteiger partial charge in [-0.15, -0.1) is 0 Å². The molecule has 0 aliphatic carbocycles. The number of carbonyl (C=O) groups is 1. The first-order chi connectivity index (χ1) is 9.65. The molecule has 1 N–H and O–H groups in total. The molecule has 4 nitrogen and oxygen atoms in total. The average Bonchev–Trinajstić information content (AvgIpc) is 2.95. The Morgan fingerprint density at radius 2 is 2.20 bits per heavy atom. The lowest BCUT2D eigenvalue weighted by molar-refractivity contribution is -0.121. The van der Waals surface area contributed by atoms with E-state index in [0.717, 1.165) is 18.7 Å². The summed E-state index contributed by atoms with van der Waals surface area (Å²) in [5, 5.41) is 11.7. The number of likely N-dealkylation sites (tertiary alicyclic amines) is 1. The molecule has 20 heavy (non-hydrogen) atoms. The Hall–Kier alpha value is -1.86. The van der Waals surface area contributed by atoms with Crippen LogP contribution in [0.2, 0.25) is 0 Å². The third-order valence-corrected chi connectivity index (χ3v) is 4.05. The predicted octanol–water partition coefficient (Wildman–Crippen LogP) is 2.76. The minimum absolute atomic E-state index is 0.0232. The first-order valence-electron chi connectivity index (χ1n) is 7.22. The monoisotopic (exact) mass is 271 g/mol. The molecule has 2 unspecified atom stereocenters. The number of benzene rings is 1. The standard InChI is InChI=1S/C16H21N3O/c1-3-15-5-4-10-19(15)12(2)16(20)18-14-8-6-13(11-17)7-9-14/h6-9,12,15H,3-5,10H2,1-2H3,(H,18,20). The van der Waals surface area contributed by atoms with Crippen LogP contribution in [0.3, 0.4) is 0 Å². The zero-order chi connectivity index (χ0) is 14.5. The SMILES string of the molecule is CCC1CCCN1C(C)C(=O)Nc1ccc(C#N)cc1. The molecule has 1 aliphatic rings. The van der Waals surface area contributed by atoms with Crippen molar-refractivity contribution in [2.45, 2.75) is 45.2 Å². The van der Waals surface area contributed by atoms with Gasteiger partial charge in [-0.1, -0.05) is 6.92 Å². The molecule has 2 rings (SSSR count). The Bertz CT molecular complexity index is 503. The minimum atomic E-state index is -0.113. The van der Waals surface area contributed by atoms with Crippen LogP contribution < -0.4 is 5.32 Å². The van der Waals surface area contributed by atoms with Crippen molar-refractivity contribution in [2.75, 3.05) is 11.9 Å². The van der Waals surface area contributed by atoms with Gasteiger partial charge in [-0.05, 0) is 57.0 Å². The van der Waals surface area contributed by atoms with Crippen LogP contribution in [0.25, 0.3) is 0 Å². The van der Waals surface area contributed by atoms with Gasteiger partial charge in [0.25, 0.3) is 0 Å². The van der Waals surface area contributed by atoms with Gasteiger partial charge >= 0.3 is 0 Å². The van der Waals surface area contributed by atoms with E-state index in [2.05, 4.69) is 23.2 Å². The fourth-order valence-electron chi connectivity index (χ4n) is 2.83. The molecule has 1 amide bonds. The summed E-state index contributed by atoms with van der Waals surface area (Å²) in [5.41, 5.74) is 1.34. The topological polar surface area (TPSA) is 56.1 Å². The van der Waals surface area contributed by atoms with Gasteiger partial charge in [0.1, 0.15) is 0 Å². The summed E-state index contributed by atoms with van der Waals surface area (Å²) in [7, 11) is 0. The highest BCUT2D eigenvalue weighted by molar-refractivity contribution is 5.94. The molecule has 1 heterocycles. The van der Waals surface area contributed by atoms with Crippen LogP contribution in [0.1, 0.15) is 38.7 Å².